The third-order valence-electron chi connectivity index (χ3n) is 3.61. The Kier molecular flexibility index (Phi) is 4.55. The maximum atomic E-state index is 12.6. The van der Waals surface area contributed by atoms with Crippen LogP contribution in [0.4, 0.5) is 5.69 Å². The van der Waals surface area contributed by atoms with Crippen LogP contribution < -0.4 is 10.9 Å². The zero-order valence-corrected chi connectivity index (χ0v) is 14.2. The van der Waals surface area contributed by atoms with Crippen molar-refractivity contribution in [1.29, 1.82) is 0 Å². The summed E-state index contributed by atoms with van der Waals surface area (Å²) < 4.78 is 1.46. The lowest BCUT2D eigenvalue weighted by Gasteiger charge is -2.11. The fraction of sp³-hybridized carbons (Fsp3) is 0.118. The van der Waals surface area contributed by atoms with Crippen LogP contribution in [0.25, 0.3) is 11.0 Å². The first-order valence-electron chi connectivity index (χ1n) is 7.27. The predicted octanol–water partition coefficient (Wildman–Crippen LogP) is 3.98. The summed E-state index contributed by atoms with van der Waals surface area (Å²) in [5.74, 6) is -0.544. The number of benzene rings is 1. The lowest BCUT2D eigenvalue weighted by molar-refractivity contribution is 0.102. The minimum absolute atomic E-state index is 0.0217. The zero-order chi connectivity index (χ0) is 17.3. The number of carbonyl (C=O) groups excluding carboxylic acids is 1. The molecule has 0 bridgehead atoms. The Labute approximate surface area is 147 Å². The van der Waals surface area contributed by atoms with E-state index in [2.05, 4.69) is 10.3 Å². The molecule has 0 fully saturated rings. The molecule has 3 aromatic rings. The molecule has 1 amide bonds. The standard InChI is InChI=1S/C17H13Cl2N3O2/c1-2-22-15-10(5-4-8-20-15)9-11(17(22)24)16(23)21-13-7-3-6-12(18)14(13)19/h3-9H,2H2,1H3,(H,21,23). The summed E-state index contributed by atoms with van der Waals surface area (Å²) in [6.07, 6.45) is 1.61. The maximum absolute atomic E-state index is 12.6. The first-order chi connectivity index (χ1) is 11.5. The minimum atomic E-state index is -0.544. The van der Waals surface area contributed by atoms with E-state index in [1.165, 1.54) is 10.6 Å². The summed E-state index contributed by atoms with van der Waals surface area (Å²) in [4.78, 5) is 29.4. The highest BCUT2D eigenvalue weighted by molar-refractivity contribution is 6.44. The highest BCUT2D eigenvalue weighted by atomic mass is 35.5. The van der Waals surface area contributed by atoms with Crippen molar-refractivity contribution in [2.24, 2.45) is 0 Å². The van der Waals surface area contributed by atoms with Gasteiger partial charge in [0.05, 0.1) is 15.7 Å². The Hall–Kier alpha value is -2.37. The molecular formula is C17H13Cl2N3O2. The second-order valence-corrected chi connectivity index (χ2v) is 5.86. The molecule has 24 heavy (non-hydrogen) atoms. The lowest BCUT2D eigenvalue weighted by Crippen LogP contribution is -2.29. The number of aryl methyl sites for hydroxylation is 1. The van der Waals surface area contributed by atoms with Crippen LogP contribution in [0, 0.1) is 0 Å². The number of pyridine rings is 2. The fourth-order valence-electron chi connectivity index (χ4n) is 2.45. The first-order valence-corrected chi connectivity index (χ1v) is 8.02. The van der Waals surface area contributed by atoms with Crippen LogP contribution in [-0.2, 0) is 6.54 Å². The van der Waals surface area contributed by atoms with Crippen molar-refractivity contribution < 1.29 is 4.79 Å². The van der Waals surface area contributed by atoms with Crippen LogP contribution in [0.3, 0.4) is 0 Å². The molecule has 0 aliphatic heterocycles. The van der Waals surface area contributed by atoms with Gasteiger partial charge in [-0.1, -0.05) is 29.3 Å². The molecule has 5 nitrogen and oxygen atoms in total. The van der Waals surface area contributed by atoms with Gasteiger partial charge >= 0.3 is 0 Å². The molecule has 0 aliphatic rings. The summed E-state index contributed by atoms with van der Waals surface area (Å²) in [5, 5.41) is 3.89. The number of halogens is 2. The SMILES string of the molecule is CCn1c(=O)c(C(=O)Nc2cccc(Cl)c2Cl)cc2cccnc21. The number of aromatic nitrogens is 2. The van der Waals surface area contributed by atoms with E-state index in [4.69, 9.17) is 23.2 Å². The average molecular weight is 362 g/mol. The number of nitrogens with zero attached hydrogens (tertiary/aromatic N) is 2. The normalized spacial score (nSPS) is 10.8. The largest absolute Gasteiger partial charge is 0.320 e. The number of rotatable bonds is 3. The predicted molar refractivity (Wildman–Crippen MR) is 96.1 cm³/mol. The Balaban J connectivity index is 2.09. The number of anilines is 1. The first kappa shape index (κ1) is 16.5. The quantitative estimate of drug-likeness (QED) is 0.767. The van der Waals surface area contributed by atoms with Gasteiger partial charge in [-0.15, -0.1) is 0 Å². The third kappa shape index (κ3) is 2.88. The second-order valence-electron chi connectivity index (χ2n) is 5.08. The van der Waals surface area contributed by atoms with Gasteiger partial charge in [0, 0.05) is 18.1 Å². The van der Waals surface area contributed by atoms with Crippen molar-refractivity contribution in [2.45, 2.75) is 13.5 Å². The molecule has 0 radical (unpaired) electrons. The van der Waals surface area contributed by atoms with Crippen LogP contribution in [-0.4, -0.2) is 15.5 Å². The summed E-state index contributed by atoms with van der Waals surface area (Å²) in [7, 11) is 0. The van der Waals surface area contributed by atoms with E-state index >= 15 is 0 Å². The zero-order valence-electron chi connectivity index (χ0n) is 12.7. The Morgan fingerprint density at radius 3 is 2.79 bits per heavy atom. The number of carbonyl (C=O) groups is 1. The van der Waals surface area contributed by atoms with E-state index < -0.39 is 11.5 Å². The van der Waals surface area contributed by atoms with E-state index in [9.17, 15) is 9.59 Å². The molecule has 122 valence electrons. The fourth-order valence-corrected chi connectivity index (χ4v) is 2.80. The van der Waals surface area contributed by atoms with E-state index in [0.717, 1.165) is 0 Å². The second kappa shape index (κ2) is 6.63. The molecule has 0 aliphatic carbocycles. The summed E-state index contributed by atoms with van der Waals surface area (Å²) in [5.41, 5.74) is 0.512. The van der Waals surface area contributed by atoms with Gasteiger partial charge in [0.15, 0.2) is 0 Å². The molecule has 0 spiro atoms. The van der Waals surface area contributed by atoms with Gasteiger partial charge in [-0.3, -0.25) is 14.2 Å². The summed E-state index contributed by atoms with van der Waals surface area (Å²) >= 11 is 12.0. The van der Waals surface area contributed by atoms with E-state index in [1.54, 1.807) is 36.5 Å². The number of hydrogen-bond donors (Lipinski definition) is 1. The molecule has 0 saturated carbocycles. The molecule has 0 atom stereocenters. The number of fused-ring (bicyclic) bond motifs is 1. The van der Waals surface area contributed by atoms with E-state index in [0.29, 0.717) is 28.3 Å². The minimum Gasteiger partial charge on any atom is -0.320 e. The van der Waals surface area contributed by atoms with Crippen molar-refractivity contribution in [2.75, 3.05) is 5.32 Å². The number of nitrogens with one attached hydrogen (secondary N) is 1. The molecule has 7 heteroatoms. The molecule has 2 aromatic heterocycles. The van der Waals surface area contributed by atoms with E-state index in [-0.39, 0.29) is 10.6 Å². The Morgan fingerprint density at radius 2 is 2.04 bits per heavy atom. The Bertz CT molecular complexity index is 999. The molecule has 0 unspecified atom stereocenters. The van der Waals surface area contributed by atoms with Gasteiger partial charge in [-0.05, 0) is 37.3 Å². The molecular weight excluding hydrogens is 349 g/mol. The van der Waals surface area contributed by atoms with Crippen molar-refractivity contribution in [3.8, 4) is 0 Å². The number of hydrogen-bond acceptors (Lipinski definition) is 3. The van der Waals surface area contributed by atoms with Crippen LogP contribution in [0.15, 0.2) is 47.4 Å². The number of amides is 1. The Morgan fingerprint density at radius 1 is 1.25 bits per heavy atom. The van der Waals surface area contributed by atoms with Gasteiger partial charge in [0.25, 0.3) is 11.5 Å². The molecule has 0 saturated heterocycles. The van der Waals surface area contributed by atoms with Gasteiger partial charge in [0.1, 0.15) is 11.2 Å². The smallest absolute Gasteiger partial charge is 0.265 e. The van der Waals surface area contributed by atoms with Crippen LogP contribution in [0.2, 0.25) is 10.0 Å². The maximum Gasteiger partial charge on any atom is 0.265 e. The average Bonchev–Trinajstić information content (AvgIpc) is 2.58. The molecule has 3 rings (SSSR count). The van der Waals surface area contributed by atoms with Crippen LogP contribution in [0.5, 0.6) is 0 Å². The summed E-state index contributed by atoms with van der Waals surface area (Å²) in [6, 6.07) is 9.99. The molecule has 1 aromatic carbocycles. The lowest BCUT2D eigenvalue weighted by atomic mass is 10.2. The van der Waals surface area contributed by atoms with Gasteiger partial charge in [0.2, 0.25) is 0 Å². The van der Waals surface area contributed by atoms with Crippen molar-refractivity contribution >= 4 is 45.8 Å². The van der Waals surface area contributed by atoms with E-state index in [1.807, 2.05) is 6.92 Å². The molecule has 2 heterocycles. The van der Waals surface area contributed by atoms with Gasteiger partial charge in [-0.25, -0.2) is 4.98 Å². The van der Waals surface area contributed by atoms with Crippen molar-refractivity contribution in [3.05, 3.63) is 68.6 Å². The highest BCUT2D eigenvalue weighted by Crippen LogP contribution is 2.29. The van der Waals surface area contributed by atoms with Gasteiger partial charge in [-0.2, -0.15) is 0 Å². The van der Waals surface area contributed by atoms with Crippen molar-refractivity contribution in [1.82, 2.24) is 9.55 Å². The third-order valence-corrected chi connectivity index (χ3v) is 4.43. The van der Waals surface area contributed by atoms with Crippen LogP contribution in [0.1, 0.15) is 17.3 Å². The van der Waals surface area contributed by atoms with Gasteiger partial charge < -0.3 is 5.32 Å². The van der Waals surface area contributed by atoms with Crippen LogP contribution >= 0.6 is 23.2 Å². The highest BCUT2D eigenvalue weighted by Gasteiger charge is 2.17. The summed E-state index contributed by atoms with van der Waals surface area (Å²) in [6.45, 7) is 2.23. The van der Waals surface area contributed by atoms with Crippen molar-refractivity contribution in [3.63, 3.8) is 0 Å². The topological polar surface area (TPSA) is 64.0 Å². The molecule has 1 N–H and O–H groups in total. The monoisotopic (exact) mass is 361 g/mol.